The van der Waals surface area contributed by atoms with E-state index in [4.69, 9.17) is 20.9 Å². The van der Waals surface area contributed by atoms with Crippen LogP contribution in [0.1, 0.15) is 41.5 Å². The van der Waals surface area contributed by atoms with E-state index in [0.717, 1.165) is 3.57 Å². The summed E-state index contributed by atoms with van der Waals surface area (Å²) in [5, 5.41) is 2.64. The van der Waals surface area contributed by atoms with Crippen molar-refractivity contribution < 1.29 is 28.7 Å². The number of hydrogen-bond donors (Lipinski definition) is 3. The lowest BCUT2D eigenvalue weighted by atomic mass is 10.2. The van der Waals surface area contributed by atoms with Crippen LogP contribution in [0.5, 0.6) is 0 Å². The number of anilines is 3. The SMILES string of the molecule is CC(C)(C)OC(=O)N1CCN(c2ccc(N)nc2)C(=O)C1.CC(C)(C)OC(=O)N1CCNC(=O)C1.Nc1ccc(I)cn1. The molecule has 4 heterocycles. The molecule has 2 aliphatic heterocycles. The second-order valence-corrected chi connectivity index (χ2v) is 12.8. The van der Waals surface area contributed by atoms with E-state index in [2.05, 4.69) is 37.9 Å². The van der Waals surface area contributed by atoms with Crippen molar-refractivity contribution in [1.29, 1.82) is 0 Å². The number of piperazine rings is 2. The van der Waals surface area contributed by atoms with Crippen molar-refractivity contribution >= 4 is 63.9 Å². The molecule has 0 spiro atoms. The summed E-state index contributed by atoms with van der Waals surface area (Å²) in [6, 6.07) is 7.08. The minimum Gasteiger partial charge on any atom is -0.444 e. The molecule has 4 rings (SSSR count). The predicted octanol–water partition coefficient (Wildman–Crippen LogP) is 2.87. The lowest BCUT2D eigenvalue weighted by Gasteiger charge is -2.35. The van der Waals surface area contributed by atoms with E-state index >= 15 is 0 Å². The Morgan fingerprint density at radius 1 is 0.814 bits per heavy atom. The van der Waals surface area contributed by atoms with Gasteiger partial charge in [-0.15, -0.1) is 0 Å². The molecule has 2 aromatic rings. The van der Waals surface area contributed by atoms with Crippen molar-refractivity contribution in [3.8, 4) is 0 Å². The predicted molar refractivity (Wildman–Crippen MR) is 171 cm³/mol. The molecule has 14 nitrogen and oxygen atoms in total. The van der Waals surface area contributed by atoms with E-state index in [0.29, 0.717) is 43.5 Å². The summed E-state index contributed by atoms with van der Waals surface area (Å²) < 4.78 is 11.5. The molecule has 2 aliphatic rings. The highest BCUT2D eigenvalue weighted by atomic mass is 127. The maximum absolute atomic E-state index is 12.2. The first-order valence-electron chi connectivity index (χ1n) is 13.5. The molecule has 0 bridgehead atoms. The van der Waals surface area contributed by atoms with Gasteiger partial charge in [0.25, 0.3) is 0 Å². The summed E-state index contributed by atoms with van der Waals surface area (Å²) >= 11 is 2.18. The van der Waals surface area contributed by atoms with Gasteiger partial charge in [0, 0.05) is 35.9 Å². The molecule has 0 aliphatic carbocycles. The van der Waals surface area contributed by atoms with Crippen LogP contribution in [0.25, 0.3) is 0 Å². The number of aromatic nitrogens is 2. The molecular formula is C28H41IN8O6. The molecule has 2 saturated heterocycles. The van der Waals surface area contributed by atoms with Crippen LogP contribution in [0.15, 0.2) is 36.7 Å². The number of halogens is 1. The van der Waals surface area contributed by atoms with Crippen molar-refractivity contribution in [1.82, 2.24) is 25.1 Å². The molecular weight excluding hydrogens is 671 g/mol. The van der Waals surface area contributed by atoms with E-state index in [-0.39, 0.29) is 24.9 Å². The normalized spacial score (nSPS) is 15.3. The summed E-state index contributed by atoms with van der Waals surface area (Å²) in [7, 11) is 0. The Labute approximate surface area is 265 Å². The monoisotopic (exact) mass is 712 g/mol. The summed E-state index contributed by atoms with van der Waals surface area (Å²) in [5.74, 6) is 0.671. The van der Waals surface area contributed by atoms with Gasteiger partial charge in [0.05, 0.1) is 11.9 Å². The van der Waals surface area contributed by atoms with E-state index in [1.807, 2.05) is 6.07 Å². The lowest BCUT2D eigenvalue weighted by Crippen LogP contribution is -2.53. The second kappa shape index (κ2) is 15.5. The number of nitrogens with one attached hydrogen (secondary N) is 1. The number of rotatable bonds is 1. The van der Waals surface area contributed by atoms with Crippen LogP contribution in [0.3, 0.4) is 0 Å². The van der Waals surface area contributed by atoms with Crippen LogP contribution in [0.4, 0.5) is 26.9 Å². The third kappa shape index (κ3) is 13.3. The molecule has 0 atom stereocenters. The molecule has 4 amide bonds. The average molecular weight is 713 g/mol. The summed E-state index contributed by atoms with van der Waals surface area (Å²) in [6.45, 7) is 12.7. The van der Waals surface area contributed by atoms with Gasteiger partial charge in [0.2, 0.25) is 11.8 Å². The Bertz CT molecular complexity index is 1220. The zero-order chi connectivity index (χ0) is 32.4. The number of carbonyl (C=O) groups is 4. The van der Waals surface area contributed by atoms with Gasteiger partial charge in [-0.1, -0.05) is 0 Å². The van der Waals surface area contributed by atoms with Crippen molar-refractivity contribution in [3.63, 3.8) is 0 Å². The number of nitrogens with two attached hydrogens (primary N) is 2. The fourth-order valence-electron chi connectivity index (χ4n) is 3.49. The number of ether oxygens (including phenoxy) is 2. The lowest BCUT2D eigenvalue weighted by molar-refractivity contribution is -0.124. The van der Waals surface area contributed by atoms with Gasteiger partial charge in [-0.25, -0.2) is 19.6 Å². The third-order valence-corrected chi connectivity index (χ3v) is 6.03. The molecule has 2 fully saturated rings. The molecule has 2 aromatic heterocycles. The number of nitrogen functional groups attached to an aromatic ring is 2. The summed E-state index contributed by atoms with van der Waals surface area (Å²) in [5.41, 5.74) is 10.4. The first kappa shape index (κ1) is 35.3. The Kier molecular flexibility index (Phi) is 12.8. The van der Waals surface area contributed by atoms with Crippen LogP contribution >= 0.6 is 22.6 Å². The van der Waals surface area contributed by atoms with E-state index in [1.165, 1.54) is 9.80 Å². The molecule has 0 aromatic carbocycles. The van der Waals surface area contributed by atoms with Crippen LogP contribution in [0, 0.1) is 3.57 Å². The van der Waals surface area contributed by atoms with E-state index in [1.54, 1.807) is 77.0 Å². The molecule has 0 saturated carbocycles. The zero-order valence-corrected chi connectivity index (χ0v) is 27.6. The van der Waals surface area contributed by atoms with Crippen molar-refractivity contribution in [2.75, 3.05) is 55.6 Å². The Balaban J connectivity index is 0.000000251. The molecule has 0 unspecified atom stereocenters. The van der Waals surface area contributed by atoms with Gasteiger partial charge in [0.1, 0.15) is 35.9 Å². The van der Waals surface area contributed by atoms with Gasteiger partial charge in [-0.3, -0.25) is 19.4 Å². The standard InChI is InChI=1S/C14H20N4O3.C9H16N2O3.C5H5IN2/c1-14(2,3)21-13(20)17-6-7-18(12(19)9-17)10-4-5-11(15)16-8-10;1-9(2,3)14-8(13)11-5-4-10-7(12)6-11;6-4-1-2-5(7)8-3-4/h4-5,8H,6-7,9H2,1-3H3,(H2,15,16);4-6H2,1-3H3,(H,10,12);1-3H,(H2,7,8). The number of nitrogens with zero attached hydrogens (tertiary/aromatic N) is 5. The fourth-order valence-corrected chi connectivity index (χ4v) is 3.81. The highest BCUT2D eigenvalue weighted by Crippen LogP contribution is 2.19. The van der Waals surface area contributed by atoms with Crippen molar-refractivity contribution in [3.05, 3.63) is 40.2 Å². The quantitative estimate of drug-likeness (QED) is 0.372. The third-order valence-electron chi connectivity index (χ3n) is 5.40. The molecule has 15 heteroatoms. The van der Waals surface area contributed by atoms with Crippen LogP contribution < -0.4 is 21.7 Å². The van der Waals surface area contributed by atoms with E-state index < -0.39 is 23.4 Å². The summed E-state index contributed by atoms with van der Waals surface area (Å²) in [6.07, 6.45) is 2.39. The number of carbonyl (C=O) groups excluding carboxylic acids is 4. The average Bonchev–Trinajstić information content (AvgIpc) is 2.90. The Morgan fingerprint density at radius 3 is 1.77 bits per heavy atom. The van der Waals surface area contributed by atoms with Crippen LogP contribution in [-0.2, 0) is 19.1 Å². The van der Waals surface area contributed by atoms with Gasteiger partial charge in [-0.2, -0.15) is 0 Å². The highest BCUT2D eigenvalue weighted by Gasteiger charge is 2.31. The number of pyridine rings is 2. The fraction of sp³-hybridized carbons (Fsp3) is 0.500. The topological polar surface area (TPSA) is 186 Å². The molecule has 43 heavy (non-hydrogen) atoms. The van der Waals surface area contributed by atoms with Gasteiger partial charge < -0.3 is 31.2 Å². The number of amides is 4. The van der Waals surface area contributed by atoms with Gasteiger partial charge >= 0.3 is 12.2 Å². The van der Waals surface area contributed by atoms with Gasteiger partial charge in [0.15, 0.2) is 0 Å². The Hall–Kier alpha value is -3.89. The van der Waals surface area contributed by atoms with E-state index in [9.17, 15) is 19.2 Å². The molecule has 5 N–H and O–H groups in total. The zero-order valence-electron chi connectivity index (χ0n) is 25.4. The summed E-state index contributed by atoms with van der Waals surface area (Å²) in [4.78, 5) is 58.8. The van der Waals surface area contributed by atoms with Gasteiger partial charge in [-0.05, 0) is 88.4 Å². The van der Waals surface area contributed by atoms with Crippen molar-refractivity contribution in [2.45, 2.75) is 52.7 Å². The Morgan fingerprint density at radius 2 is 1.35 bits per heavy atom. The van der Waals surface area contributed by atoms with Crippen molar-refractivity contribution in [2.24, 2.45) is 0 Å². The van der Waals surface area contributed by atoms with Crippen LogP contribution in [0.2, 0.25) is 0 Å². The maximum atomic E-state index is 12.2. The van der Waals surface area contributed by atoms with Crippen LogP contribution in [-0.4, -0.2) is 94.2 Å². The first-order valence-corrected chi connectivity index (χ1v) is 14.6. The number of hydrogen-bond acceptors (Lipinski definition) is 10. The second-order valence-electron chi connectivity index (χ2n) is 11.5. The highest BCUT2D eigenvalue weighted by molar-refractivity contribution is 14.1. The molecule has 0 radical (unpaired) electrons. The smallest absolute Gasteiger partial charge is 0.410 e. The molecule has 236 valence electrons. The maximum Gasteiger partial charge on any atom is 0.410 e. The first-order chi connectivity index (χ1) is 19.9. The minimum absolute atomic E-state index is 0.000705. The minimum atomic E-state index is -0.571. The largest absolute Gasteiger partial charge is 0.444 e.